The van der Waals surface area contributed by atoms with Crippen LogP contribution >= 0.6 is 11.3 Å². The quantitative estimate of drug-likeness (QED) is 0.703. The first-order valence-electron chi connectivity index (χ1n) is 9.19. The lowest BCUT2D eigenvalue weighted by molar-refractivity contribution is -0.114. The largest absolute Gasteiger partial charge is 0.465 e. The van der Waals surface area contributed by atoms with E-state index in [2.05, 4.69) is 5.32 Å². The van der Waals surface area contributed by atoms with Crippen molar-refractivity contribution < 1.29 is 22.7 Å². The number of sulfonamides is 1. The molecule has 0 bridgehead atoms. The van der Waals surface area contributed by atoms with Crippen LogP contribution < -0.4 is 9.62 Å². The lowest BCUT2D eigenvalue weighted by Gasteiger charge is -2.24. The minimum absolute atomic E-state index is 0.383. The molecule has 0 radical (unpaired) electrons. The molecular weight excluding hydrogens is 412 g/mol. The van der Waals surface area contributed by atoms with Crippen LogP contribution in [0.1, 0.15) is 38.3 Å². The van der Waals surface area contributed by atoms with E-state index in [9.17, 15) is 18.0 Å². The average Bonchev–Trinajstić information content (AvgIpc) is 3.21. The summed E-state index contributed by atoms with van der Waals surface area (Å²) < 4.78 is 30.8. The number of anilines is 2. The Morgan fingerprint density at radius 2 is 1.97 bits per heavy atom. The Kier molecular flexibility index (Phi) is 6.00. The predicted octanol–water partition coefficient (Wildman–Crippen LogP) is 3.04. The highest BCUT2D eigenvalue weighted by atomic mass is 32.2. The van der Waals surface area contributed by atoms with Gasteiger partial charge in [-0.25, -0.2) is 13.2 Å². The topological polar surface area (TPSA) is 92.8 Å². The molecule has 0 unspecified atom stereocenters. The summed E-state index contributed by atoms with van der Waals surface area (Å²) in [6, 6.07) is 5.44. The monoisotopic (exact) mass is 436 g/mol. The van der Waals surface area contributed by atoms with E-state index in [1.807, 2.05) is 19.1 Å². The highest BCUT2D eigenvalue weighted by molar-refractivity contribution is 7.92. The Labute approximate surface area is 174 Å². The van der Waals surface area contributed by atoms with Gasteiger partial charge in [0, 0.05) is 4.88 Å². The van der Waals surface area contributed by atoms with Crippen molar-refractivity contribution in [1.82, 2.24) is 0 Å². The third kappa shape index (κ3) is 4.45. The van der Waals surface area contributed by atoms with Gasteiger partial charge in [-0.2, -0.15) is 0 Å². The number of aryl methyl sites for hydroxylation is 3. The second-order valence-corrected chi connectivity index (χ2v) is 10.2. The van der Waals surface area contributed by atoms with Crippen LogP contribution in [-0.4, -0.2) is 40.2 Å². The molecule has 3 rings (SSSR count). The van der Waals surface area contributed by atoms with E-state index in [0.29, 0.717) is 16.3 Å². The summed E-state index contributed by atoms with van der Waals surface area (Å²) in [5, 5.41) is 3.15. The summed E-state index contributed by atoms with van der Waals surface area (Å²) in [4.78, 5) is 26.1. The third-order valence-corrected chi connectivity index (χ3v) is 7.22. The Morgan fingerprint density at radius 1 is 1.24 bits per heavy atom. The Bertz CT molecular complexity index is 1070. The summed E-state index contributed by atoms with van der Waals surface area (Å²) in [5.74, 6) is -1.00. The number of nitrogens with zero attached hydrogens (tertiary/aromatic N) is 1. The maximum atomic E-state index is 12.8. The van der Waals surface area contributed by atoms with Gasteiger partial charge in [0.05, 0.1) is 24.6 Å². The van der Waals surface area contributed by atoms with E-state index in [0.717, 1.165) is 51.4 Å². The summed E-state index contributed by atoms with van der Waals surface area (Å²) in [6.45, 7) is 3.27. The van der Waals surface area contributed by atoms with Crippen molar-refractivity contribution in [3.05, 3.63) is 45.3 Å². The maximum absolute atomic E-state index is 12.8. The molecule has 7 nitrogen and oxygen atoms in total. The number of hydrogen-bond acceptors (Lipinski definition) is 6. The Hall–Kier alpha value is -2.39. The number of thiophene rings is 1. The zero-order valence-electron chi connectivity index (χ0n) is 16.9. The smallest absolute Gasteiger partial charge is 0.341 e. The molecule has 0 atom stereocenters. The van der Waals surface area contributed by atoms with Crippen LogP contribution in [0.4, 0.5) is 10.7 Å². The van der Waals surface area contributed by atoms with Gasteiger partial charge in [0.2, 0.25) is 15.9 Å². The van der Waals surface area contributed by atoms with Gasteiger partial charge in [-0.3, -0.25) is 9.10 Å². The molecular formula is C20H24N2O5S2. The number of carbonyl (C=O) groups excluding carboxylic acids is 2. The number of hydrogen-bond donors (Lipinski definition) is 1. The van der Waals surface area contributed by atoms with Gasteiger partial charge in [0.1, 0.15) is 11.5 Å². The predicted molar refractivity (Wildman–Crippen MR) is 114 cm³/mol. The minimum Gasteiger partial charge on any atom is -0.465 e. The molecule has 2 aromatic rings. The highest BCUT2D eigenvalue weighted by Gasteiger charge is 2.29. The van der Waals surface area contributed by atoms with Gasteiger partial charge in [0.15, 0.2) is 0 Å². The second-order valence-electron chi connectivity index (χ2n) is 7.16. The molecule has 1 aliphatic carbocycles. The van der Waals surface area contributed by atoms with Gasteiger partial charge >= 0.3 is 5.97 Å². The van der Waals surface area contributed by atoms with Crippen molar-refractivity contribution in [3.63, 3.8) is 0 Å². The molecule has 29 heavy (non-hydrogen) atoms. The van der Waals surface area contributed by atoms with Crippen molar-refractivity contribution in [1.29, 1.82) is 0 Å². The van der Waals surface area contributed by atoms with E-state index in [4.69, 9.17) is 4.74 Å². The fraction of sp³-hybridized carbons (Fsp3) is 0.400. The zero-order valence-corrected chi connectivity index (χ0v) is 18.5. The molecule has 1 aliphatic rings. The third-order valence-electron chi connectivity index (χ3n) is 4.88. The average molecular weight is 437 g/mol. The number of methoxy groups -OCH3 is 1. The number of esters is 1. The standard InChI is InChI=1S/C20H24N2O5S2/c1-12-8-9-13(2)15(10-12)22(29(4,25)26)11-17(23)21-19-18(20(24)27-3)14-6-5-7-16(14)28-19/h8-10H,5-7,11H2,1-4H3,(H,21,23). The van der Waals surface area contributed by atoms with Crippen molar-refractivity contribution >= 4 is 43.9 Å². The van der Waals surface area contributed by atoms with E-state index in [1.54, 1.807) is 13.0 Å². The van der Waals surface area contributed by atoms with Gasteiger partial charge in [0.25, 0.3) is 0 Å². The van der Waals surface area contributed by atoms with Gasteiger partial charge in [-0.05, 0) is 55.9 Å². The van der Waals surface area contributed by atoms with E-state index < -0.39 is 21.9 Å². The fourth-order valence-electron chi connectivity index (χ4n) is 3.48. The first-order valence-corrected chi connectivity index (χ1v) is 11.9. The van der Waals surface area contributed by atoms with Crippen molar-refractivity contribution in [2.75, 3.05) is 29.5 Å². The van der Waals surface area contributed by atoms with E-state index in [-0.39, 0.29) is 6.54 Å². The normalized spacial score (nSPS) is 13.1. The van der Waals surface area contributed by atoms with Crippen LogP contribution in [0.3, 0.4) is 0 Å². The lowest BCUT2D eigenvalue weighted by Crippen LogP contribution is -2.38. The summed E-state index contributed by atoms with van der Waals surface area (Å²) in [5.41, 5.74) is 3.41. The molecule has 0 spiro atoms. The molecule has 0 aliphatic heterocycles. The van der Waals surface area contributed by atoms with Crippen molar-refractivity contribution in [2.24, 2.45) is 0 Å². The van der Waals surface area contributed by atoms with Crippen LogP contribution in [-0.2, 0) is 32.4 Å². The molecule has 0 saturated carbocycles. The first-order chi connectivity index (χ1) is 13.6. The molecule has 1 heterocycles. The number of carbonyl (C=O) groups is 2. The Balaban J connectivity index is 1.89. The molecule has 1 N–H and O–H groups in total. The van der Waals surface area contributed by atoms with Gasteiger partial charge in [-0.1, -0.05) is 12.1 Å². The first kappa shape index (κ1) is 21.3. The minimum atomic E-state index is -3.69. The number of ether oxygens (including phenoxy) is 1. The van der Waals surface area contributed by atoms with Crippen LogP contribution in [0, 0.1) is 13.8 Å². The van der Waals surface area contributed by atoms with E-state index in [1.165, 1.54) is 18.4 Å². The fourth-order valence-corrected chi connectivity index (χ4v) is 5.68. The Morgan fingerprint density at radius 3 is 2.62 bits per heavy atom. The molecule has 9 heteroatoms. The SMILES string of the molecule is COC(=O)c1c(NC(=O)CN(c2cc(C)ccc2C)S(C)(=O)=O)sc2c1CCC2. The molecule has 156 valence electrons. The van der Waals surface area contributed by atoms with Gasteiger partial charge in [-0.15, -0.1) is 11.3 Å². The highest BCUT2D eigenvalue weighted by Crippen LogP contribution is 2.39. The van der Waals surface area contributed by atoms with Crippen LogP contribution in [0.25, 0.3) is 0 Å². The van der Waals surface area contributed by atoms with Crippen molar-refractivity contribution in [2.45, 2.75) is 33.1 Å². The van der Waals surface area contributed by atoms with Gasteiger partial charge < -0.3 is 10.1 Å². The number of amides is 1. The maximum Gasteiger partial charge on any atom is 0.341 e. The molecule has 0 saturated heterocycles. The zero-order chi connectivity index (χ0) is 21.3. The lowest BCUT2D eigenvalue weighted by atomic mass is 10.1. The molecule has 0 fully saturated rings. The van der Waals surface area contributed by atoms with Crippen LogP contribution in [0.5, 0.6) is 0 Å². The molecule has 1 aromatic heterocycles. The number of fused-ring (bicyclic) bond motifs is 1. The van der Waals surface area contributed by atoms with E-state index >= 15 is 0 Å². The van der Waals surface area contributed by atoms with Crippen LogP contribution in [0.2, 0.25) is 0 Å². The summed E-state index contributed by atoms with van der Waals surface area (Å²) in [6.07, 6.45) is 3.66. The number of benzene rings is 1. The summed E-state index contributed by atoms with van der Waals surface area (Å²) >= 11 is 1.36. The second kappa shape index (κ2) is 8.16. The summed E-state index contributed by atoms with van der Waals surface area (Å²) in [7, 11) is -2.38. The van der Waals surface area contributed by atoms with Crippen molar-refractivity contribution in [3.8, 4) is 0 Å². The molecule has 1 amide bonds. The number of rotatable bonds is 6. The van der Waals surface area contributed by atoms with Crippen LogP contribution in [0.15, 0.2) is 18.2 Å². The number of nitrogens with one attached hydrogen (secondary N) is 1. The molecule has 1 aromatic carbocycles.